The van der Waals surface area contributed by atoms with Crippen LogP contribution in [0.1, 0.15) is 11.1 Å². The van der Waals surface area contributed by atoms with Crippen LogP contribution in [0.4, 0.5) is 4.39 Å². The molecular weight excluding hydrogens is 217 g/mol. The largest absolute Gasteiger partial charge is 0.206 e. The van der Waals surface area contributed by atoms with Crippen LogP contribution >= 0.6 is 11.6 Å². The Morgan fingerprint density at radius 2 is 2.33 bits per heavy atom. The Bertz CT molecular complexity index is 481. The second-order valence-electron chi connectivity index (χ2n) is 2.77. The van der Waals surface area contributed by atoms with Gasteiger partial charge in [-0.1, -0.05) is 28.6 Å². The van der Waals surface area contributed by atoms with Crippen LogP contribution in [0.15, 0.2) is 17.2 Å². The Kier molecular flexibility index (Phi) is 3.99. The lowest BCUT2D eigenvalue weighted by Gasteiger charge is -1.99. The van der Waals surface area contributed by atoms with Crippen molar-refractivity contribution < 1.29 is 4.39 Å². The first-order chi connectivity index (χ1) is 7.15. The molecule has 0 heterocycles. The van der Waals surface area contributed by atoms with Crippen LogP contribution in [0.25, 0.3) is 10.4 Å². The first-order valence-corrected chi connectivity index (χ1v) is 4.48. The molecular formula is C10H7ClFN3. The molecule has 0 spiro atoms. The molecule has 0 radical (unpaired) electrons. The van der Waals surface area contributed by atoms with Gasteiger partial charge in [0.25, 0.3) is 0 Å². The summed E-state index contributed by atoms with van der Waals surface area (Å²) in [5, 5.41) is 3.67. The van der Waals surface area contributed by atoms with Crippen molar-refractivity contribution in [1.29, 1.82) is 0 Å². The average molecular weight is 224 g/mol. The van der Waals surface area contributed by atoms with E-state index in [1.54, 1.807) is 6.92 Å². The first-order valence-electron chi connectivity index (χ1n) is 4.10. The predicted molar refractivity (Wildman–Crippen MR) is 57.0 cm³/mol. The number of hydrogen-bond acceptors (Lipinski definition) is 1. The summed E-state index contributed by atoms with van der Waals surface area (Å²) >= 11 is 5.81. The maximum atomic E-state index is 13.3. The summed E-state index contributed by atoms with van der Waals surface area (Å²) in [6.45, 7) is 1.73. The minimum absolute atomic E-state index is 0.0153. The lowest BCUT2D eigenvalue weighted by atomic mass is 10.1. The van der Waals surface area contributed by atoms with Gasteiger partial charge in [-0.3, -0.25) is 0 Å². The Morgan fingerprint density at radius 3 is 3.00 bits per heavy atom. The number of aryl methyl sites for hydroxylation is 1. The topological polar surface area (TPSA) is 48.8 Å². The molecule has 1 aromatic carbocycles. The summed E-state index contributed by atoms with van der Waals surface area (Å²) in [5.74, 6) is 4.64. The molecule has 3 nitrogen and oxygen atoms in total. The van der Waals surface area contributed by atoms with Gasteiger partial charge < -0.3 is 0 Å². The van der Waals surface area contributed by atoms with Gasteiger partial charge in [-0.15, -0.1) is 0 Å². The van der Waals surface area contributed by atoms with Gasteiger partial charge in [0, 0.05) is 9.93 Å². The highest BCUT2D eigenvalue weighted by Crippen LogP contribution is 2.19. The molecule has 0 bridgehead atoms. The normalized spacial score (nSPS) is 8.73. The van der Waals surface area contributed by atoms with Gasteiger partial charge >= 0.3 is 0 Å². The quantitative estimate of drug-likeness (QED) is 0.303. The summed E-state index contributed by atoms with van der Waals surface area (Å²) in [5.41, 5.74) is 8.86. The highest BCUT2D eigenvalue weighted by Gasteiger charge is 2.02. The van der Waals surface area contributed by atoms with Gasteiger partial charge in [-0.05, 0) is 30.2 Å². The van der Waals surface area contributed by atoms with Crippen LogP contribution in [0, 0.1) is 24.6 Å². The van der Waals surface area contributed by atoms with Crippen molar-refractivity contribution in [2.45, 2.75) is 6.92 Å². The van der Waals surface area contributed by atoms with Gasteiger partial charge in [0.05, 0.1) is 12.1 Å². The number of nitrogens with zero attached hydrogens (tertiary/aromatic N) is 3. The number of hydrogen-bond donors (Lipinski definition) is 0. The van der Waals surface area contributed by atoms with Crippen LogP contribution in [0.3, 0.4) is 0 Å². The molecule has 0 aromatic heterocycles. The second-order valence-corrected chi connectivity index (χ2v) is 3.18. The smallest absolute Gasteiger partial charge is 0.139 e. The molecule has 0 N–H and O–H groups in total. The Hall–Kier alpha value is -1.69. The maximum absolute atomic E-state index is 13.3. The third-order valence-corrected chi connectivity index (χ3v) is 2.09. The summed E-state index contributed by atoms with van der Waals surface area (Å²) in [4.78, 5) is 2.52. The van der Waals surface area contributed by atoms with Crippen LogP contribution < -0.4 is 0 Å². The molecule has 0 saturated heterocycles. The van der Waals surface area contributed by atoms with Crippen molar-refractivity contribution in [3.63, 3.8) is 0 Å². The van der Waals surface area contributed by atoms with Crippen molar-refractivity contribution >= 4 is 11.6 Å². The van der Waals surface area contributed by atoms with Crippen LogP contribution in [0.5, 0.6) is 0 Å². The van der Waals surface area contributed by atoms with E-state index < -0.39 is 5.82 Å². The lowest BCUT2D eigenvalue weighted by molar-refractivity contribution is 0.623. The van der Waals surface area contributed by atoms with E-state index in [1.165, 1.54) is 12.1 Å². The summed E-state index contributed by atoms with van der Waals surface area (Å²) in [6, 6.07) is 2.77. The minimum Gasteiger partial charge on any atom is -0.206 e. The number of halogens is 2. The van der Waals surface area contributed by atoms with E-state index in [4.69, 9.17) is 17.1 Å². The molecule has 0 aliphatic heterocycles. The van der Waals surface area contributed by atoms with Gasteiger partial charge in [0.2, 0.25) is 0 Å². The standard InChI is InChI=1S/C10H7ClFN3/c1-7-5-10(12)8(6-9(7)11)3-2-4-14-15-13/h5-6H,4H2,1H3. The van der Waals surface area contributed by atoms with E-state index in [9.17, 15) is 4.39 Å². The van der Waals surface area contributed by atoms with E-state index in [2.05, 4.69) is 21.9 Å². The highest BCUT2D eigenvalue weighted by atomic mass is 35.5. The molecule has 0 amide bonds. The molecule has 5 heteroatoms. The molecule has 0 unspecified atom stereocenters. The van der Waals surface area contributed by atoms with Gasteiger partial charge in [0.15, 0.2) is 0 Å². The zero-order valence-corrected chi connectivity index (χ0v) is 8.72. The second kappa shape index (κ2) is 5.26. The lowest BCUT2D eigenvalue weighted by Crippen LogP contribution is -1.86. The zero-order chi connectivity index (χ0) is 11.3. The number of azide groups is 1. The number of rotatable bonds is 1. The Balaban J connectivity index is 2.98. The highest BCUT2D eigenvalue weighted by molar-refractivity contribution is 6.31. The Labute approximate surface area is 91.5 Å². The summed E-state index contributed by atoms with van der Waals surface area (Å²) < 4.78 is 13.3. The van der Waals surface area contributed by atoms with E-state index >= 15 is 0 Å². The zero-order valence-electron chi connectivity index (χ0n) is 7.96. The van der Waals surface area contributed by atoms with Gasteiger partial charge in [-0.2, -0.15) is 0 Å². The molecule has 0 aliphatic rings. The minimum atomic E-state index is -0.426. The fourth-order valence-corrected chi connectivity index (χ4v) is 1.11. The van der Waals surface area contributed by atoms with Crippen molar-refractivity contribution in [2.24, 2.45) is 5.11 Å². The SMILES string of the molecule is Cc1cc(F)c(C#CCN=[N+]=[N-])cc1Cl. The molecule has 0 saturated carbocycles. The van der Waals surface area contributed by atoms with Crippen molar-refractivity contribution in [3.8, 4) is 11.8 Å². The first kappa shape index (κ1) is 11.4. The van der Waals surface area contributed by atoms with Crippen molar-refractivity contribution in [1.82, 2.24) is 0 Å². The monoisotopic (exact) mass is 223 g/mol. The average Bonchev–Trinajstić information content (AvgIpc) is 2.20. The van der Waals surface area contributed by atoms with Crippen LogP contribution in [-0.4, -0.2) is 6.54 Å². The van der Waals surface area contributed by atoms with E-state index in [-0.39, 0.29) is 12.1 Å². The van der Waals surface area contributed by atoms with Gasteiger partial charge in [0.1, 0.15) is 5.82 Å². The molecule has 15 heavy (non-hydrogen) atoms. The third kappa shape index (κ3) is 3.17. The van der Waals surface area contributed by atoms with Crippen molar-refractivity contribution in [2.75, 3.05) is 6.54 Å². The Morgan fingerprint density at radius 1 is 1.60 bits per heavy atom. The van der Waals surface area contributed by atoms with Gasteiger partial charge in [-0.25, -0.2) is 4.39 Å². The maximum Gasteiger partial charge on any atom is 0.139 e. The molecule has 1 rings (SSSR count). The third-order valence-electron chi connectivity index (χ3n) is 1.68. The van der Waals surface area contributed by atoms with E-state index in [1.807, 2.05) is 0 Å². The van der Waals surface area contributed by atoms with Crippen molar-refractivity contribution in [3.05, 3.63) is 44.5 Å². The van der Waals surface area contributed by atoms with E-state index in [0.717, 1.165) is 0 Å². The predicted octanol–water partition coefficient (Wildman–Crippen LogP) is 3.45. The van der Waals surface area contributed by atoms with Crippen LogP contribution in [0.2, 0.25) is 5.02 Å². The fraction of sp³-hybridized carbons (Fsp3) is 0.200. The molecule has 0 fully saturated rings. The molecule has 0 aliphatic carbocycles. The number of benzene rings is 1. The molecule has 1 aromatic rings. The van der Waals surface area contributed by atoms with E-state index in [0.29, 0.717) is 10.6 Å². The summed E-state index contributed by atoms with van der Waals surface area (Å²) in [6.07, 6.45) is 0. The van der Waals surface area contributed by atoms with Crippen LogP contribution in [-0.2, 0) is 0 Å². The molecule has 76 valence electrons. The summed E-state index contributed by atoms with van der Waals surface area (Å²) in [7, 11) is 0. The molecule has 0 atom stereocenters. The fourth-order valence-electron chi connectivity index (χ4n) is 0.944.